The third kappa shape index (κ3) is 2.67. The summed E-state index contributed by atoms with van der Waals surface area (Å²) in [6.45, 7) is 7.30. The monoisotopic (exact) mass is 278 g/mol. The quantitative estimate of drug-likeness (QED) is 0.917. The summed E-state index contributed by atoms with van der Waals surface area (Å²) >= 11 is 0. The molecule has 0 bridgehead atoms. The van der Waals surface area contributed by atoms with Gasteiger partial charge in [0.15, 0.2) is 5.03 Å². The predicted octanol–water partition coefficient (Wildman–Crippen LogP) is 2.59. The summed E-state index contributed by atoms with van der Waals surface area (Å²) in [6, 6.07) is 7.44. The Morgan fingerprint density at radius 1 is 1.21 bits per heavy atom. The average molecular weight is 278 g/mol. The zero-order valence-corrected chi connectivity index (χ0v) is 12.4. The number of fused-ring (bicyclic) bond motifs is 1. The van der Waals surface area contributed by atoms with Gasteiger partial charge in [-0.1, -0.05) is 18.2 Å². The van der Waals surface area contributed by atoms with Crippen LogP contribution in [0.5, 0.6) is 0 Å². The fourth-order valence-corrected chi connectivity index (χ4v) is 3.06. The van der Waals surface area contributed by atoms with Gasteiger partial charge in [0, 0.05) is 15.7 Å². The third-order valence-electron chi connectivity index (χ3n) is 2.82. The van der Waals surface area contributed by atoms with Gasteiger partial charge in [-0.25, -0.2) is 0 Å². The number of rotatable bonds is 2. The van der Waals surface area contributed by atoms with Crippen LogP contribution in [0.4, 0.5) is 0 Å². The molecule has 2 rings (SSSR count). The summed E-state index contributed by atoms with van der Waals surface area (Å²) < 4.78 is 12.1. The summed E-state index contributed by atoms with van der Waals surface area (Å²) in [6.07, 6.45) is -0.735. The molecule has 0 aliphatic rings. The summed E-state index contributed by atoms with van der Waals surface area (Å²) in [5.74, 6) is 0. The standard InChI is InChI=1S/C14H18N2O2S/c1-9(17)12-10-7-5-6-8-11(10)15-16-13(12)19(18)14(2,3)4/h5-9,17H,1-4H3. The van der Waals surface area contributed by atoms with Crippen molar-refractivity contribution in [2.45, 2.75) is 43.6 Å². The topological polar surface area (TPSA) is 63.1 Å². The number of nitrogens with zero attached hydrogens (tertiary/aromatic N) is 2. The Morgan fingerprint density at radius 3 is 2.42 bits per heavy atom. The summed E-state index contributed by atoms with van der Waals surface area (Å²) in [5.41, 5.74) is 1.31. The van der Waals surface area contributed by atoms with E-state index in [4.69, 9.17) is 0 Å². The molecular formula is C14H18N2O2S. The van der Waals surface area contributed by atoms with Crippen molar-refractivity contribution >= 4 is 21.7 Å². The Morgan fingerprint density at radius 2 is 1.84 bits per heavy atom. The molecule has 5 heteroatoms. The highest BCUT2D eigenvalue weighted by molar-refractivity contribution is 7.86. The van der Waals surface area contributed by atoms with Crippen molar-refractivity contribution in [1.29, 1.82) is 0 Å². The molecule has 1 aromatic carbocycles. The maximum atomic E-state index is 12.5. The minimum atomic E-state index is -1.32. The fourth-order valence-electron chi connectivity index (χ4n) is 1.89. The van der Waals surface area contributed by atoms with Crippen molar-refractivity contribution < 1.29 is 9.32 Å². The largest absolute Gasteiger partial charge is 0.389 e. The molecule has 0 spiro atoms. The van der Waals surface area contributed by atoms with E-state index in [0.29, 0.717) is 16.1 Å². The molecule has 1 heterocycles. The molecule has 2 aromatic rings. The van der Waals surface area contributed by atoms with Crippen molar-refractivity contribution in [1.82, 2.24) is 10.2 Å². The molecule has 0 fully saturated rings. The lowest BCUT2D eigenvalue weighted by Gasteiger charge is -2.20. The molecule has 0 aliphatic heterocycles. The first kappa shape index (κ1) is 14.1. The van der Waals surface area contributed by atoms with Gasteiger partial charge < -0.3 is 5.11 Å². The lowest BCUT2D eigenvalue weighted by atomic mass is 10.1. The van der Waals surface area contributed by atoms with E-state index in [1.54, 1.807) is 6.92 Å². The van der Waals surface area contributed by atoms with Gasteiger partial charge in [-0.05, 0) is 33.8 Å². The van der Waals surface area contributed by atoms with E-state index < -0.39 is 21.7 Å². The van der Waals surface area contributed by atoms with Gasteiger partial charge in [0.05, 0.1) is 22.4 Å². The maximum absolute atomic E-state index is 12.5. The van der Waals surface area contributed by atoms with E-state index in [1.165, 1.54) is 0 Å². The Balaban J connectivity index is 2.75. The first-order chi connectivity index (χ1) is 8.82. The van der Waals surface area contributed by atoms with Gasteiger partial charge in [-0.15, -0.1) is 10.2 Å². The second kappa shape index (κ2) is 4.98. The van der Waals surface area contributed by atoms with Crippen LogP contribution >= 0.6 is 0 Å². The van der Waals surface area contributed by atoms with Gasteiger partial charge in [-0.3, -0.25) is 4.21 Å². The van der Waals surface area contributed by atoms with Crippen LogP contribution in [0.15, 0.2) is 29.3 Å². The van der Waals surface area contributed by atoms with Crippen molar-refractivity contribution in [3.63, 3.8) is 0 Å². The molecule has 102 valence electrons. The van der Waals surface area contributed by atoms with E-state index in [0.717, 1.165) is 5.39 Å². The van der Waals surface area contributed by atoms with Crippen LogP contribution in [0, 0.1) is 0 Å². The van der Waals surface area contributed by atoms with Gasteiger partial charge in [0.1, 0.15) is 0 Å². The highest BCUT2D eigenvalue weighted by atomic mass is 32.2. The van der Waals surface area contributed by atoms with E-state index in [2.05, 4.69) is 10.2 Å². The molecule has 4 nitrogen and oxygen atoms in total. The van der Waals surface area contributed by atoms with Crippen LogP contribution in [-0.4, -0.2) is 24.3 Å². The first-order valence-electron chi connectivity index (χ1n) is 6.17. The van der Waals surface area contributed by atoms with Crippen molar-refractivity contribution in [2.24, 2.45) is 0 Å². The Labute approximate surface area is 115 Å². The second-order valence-corrected chi connectivity index (χ2v) is 7.64. The first-order valence-corrected chi connectivity index (χ1v) is 7.32. The van der Waals surface area contributed by atoms with Crippen LogP contribution in [0.1, 0.15) is 39.4 Å². The normalized spacial score (nSPS) is 15.4. The molecule has 0 amide bonds. The average Bonchev–Trinajstić information content (AvgIpc) is 2.35. The molecule has 2 atom stereocenters. The van der Waals surface area contributed by atoms with Gasteiger partial charge in [0.2, 0.25) is 0 Å². The molecule has 2 unspecified atom stereocenters. The van der Waals surface area contributed by atoms with E-state index in [9.17, 15) is 9.32 Å². The maximum Gasteiger partial charge on any atom is 0.156 e. The number of aliphatic hydroxyl groups excluding tert-OH is 1. The molecule has 0 saturated carbocycles. The van der Waals surface area contributed by atoms with Crippen LogP contribution < -0.4 is 0 Å². The highest BCUT2D eigenvalue weighted by Gasteiger charge is 2.28. The Kier molecular flexibility index (Phi) is 3.69. The van der Waals surface area contributed by atoms with E-state index >= 15 is 0 Å². The zero-order valence-electron chi connectivity index (χ0n) is 11.5. The minimum absolute atomic E-state index is 0.376. The molecule has 0 aliphatic carbocycles. The van der Waals surface area contributed by atoms with Crippen LogP contribution in [0.2, 0.25) is 0 Å². The molecule has 0 saturated heterocycles. The molecule has 1 aromatic heterocycles. The summed E-state index contributed by atoms with van der Waals surface area (Å²) in [5, 5.41) is 19.4. The van der Waals surface area contributed by atoms with Gasteiger partial charge >= 0.3 is 0 Å². The number of aromatic nitrogens is 2. The second-order valence-electron chi connectivity index (χ2n) is 5.49. The van der Waals surface area contributed by atoms with Crippen molar-refractivity contribution in [2.75, 3.05) is 0 Å². The number of hydrogen-bond donors (Lipinski definition) is 1. The van der Waals surface area contributed by atoms with E-state index in [1.807, 2.05) is 45.0 Å². The molecule has 0 radical (unpaired) electrons. The van der Waals surface area contributed by atoms with Crippen molar-refractivity contribution in [3.8, 4) is 0 Å². The van der Waals surface area contributed by atoms with E-state index in [-0.39, 0.29) is 0 Å². The Hall–Kier alpha value is -1.33. The summed E-state index contributed by atoms with van der Waals surface area (Å²) in [4.78, 5) is 0. The van der Waals surface area contributed by atoms with Gasteiger partial charge in [0.25, 0.3) is 0 Å². The zero-order chi connectivity index (χ0) is 14.2. The lowest BCUT2D eigenvalue weighted by molar-refractivity contribution is 0.196. The lowest BCUT2D eigenvalue weighted by Crippen LogP contribution is -2.24. The third-order valence-corrected chi connectivity index (χ3v) is 4.59. The Bertz CT molecular complexity index is 633. The number of benzene rings is 1. The smallest absolute Gasteiger partial charge is 0.156 e. The van der Waals surface area contributed by atoms with Crippen LogP contribution in [-0.2, 0) is 10.8 Å². The molecule has 1 N–H and O–H groups in total. The summed E-state index contributed by atoms with van der Waals surface area (Å²) in [7, 11) is -1.32. The minimum Gasteiger partial charge on any atom is -0.389 e. The number of aliphatic hydroxyl groups is 1. The van der Waals surface area contributed by atoms with Crippen LogP contribution in [0.3, 0.4) is 0 Å². The molecule has 19 heavy (non-hydrogen) atoms. The molecular weight excluding hydrogens is 260 g/mol. The predicted molar refractivity (Wildman–Crippen MR) is 76.3 cm³/mol. The van der Waals surface area contributed by atoms with Crippen molar-refractivity contribution in [3.05, 3.63) is 29.8 Å². The fraction of sp³-hybridized carbons (Fsp3) is 0.429. The SMILES string of the molecule is CC(O)c1c(S(=O)C(C)(C)C)nnc2ccccc12. The number of hydrogen-bond acceptors (Lipinski definition) is 4. The van der Waals surface area contributed by atoms with Crippen LogP contribution in [0.25, 0.3) is 10.9 Å². The highest BCUT2D eigenvalue weighted by Crippen LogP contribution is 2.30. The van der Waals surface area contributed by atoms with Gasteiger partial charge in [-0.2, -0.15) is 0 Å².